The second-order valence-corrected chi connectivity index (χ2v) is 7.70. The van der Waals surface area contributed by atoms with Gasteiger partial charge < -0.3 is 10.2 Å². The van der Waals surface area contributed by atoms with Gasteiger partial charge in [0.2, 0.25) is 0 Å². The molecular weight excluding hydrogens is 242 g/mol. The van der Waals surface area contributed by atoms with E-state index in [0.29, 0.717) is 0 Å². The predicted molar refractivity (Wildman–Crippen MR) is 78.1 cm³/mol. The highest BCUT2D eigenvalue weighted by Crippen LogP contribution is 2.42. The lowest BCUT2D eigenvalue weighted by molar-refractivity contribution is 0.401. The number of thiazole rings is 1. The van der Waals surface area contributed by atoms with Gasteiger partial charge in [0.05, 0.1) is 5.69 Å². The predicted octanol–water partition coefficient (Wildman–Crippen LogP) is 2.97. The van der Waals surface area contributed by atoms with Gasteiger partial charge in [0.1, 0.15) is 5.01 Å². The lowest BCUT2D eigenvalue weighted by Crippen LogP contribution is -2.35. The Bertz CT molecular complexity index is 400. The van der Waals surface area contributed by atoms with E-state index in [1.165, 1.54) is 28.4 Å². The van der Waals surface area contributed by atoms with E-state index in [2.05, 4.69) is 45.1 Å². The van der Waals surface area contributed by atoms with Crippen LogP contribution in [0.5, 0.6) is 0 Å². The van der Waals surface area contributed by atoms with Crippen LogP contribution in [0.1, 0.15) is 55.1 Å². The van der Waals surface area contributed by atoms with E-state index in [9.17, 15) is 0 Å². The standard InChI is InChI=1S/C14H25N3S/c1-14(2,3)15-8-11-13(10-6-7-10)16-12(18-11)9-17(4)5/h10,15H,6-9H2,1-5H3. The first-order valence-electron chi connectivity index (χ1n) is 6.73. The van der Waals surface area contributed by atoms with Crippen molar-refractivity contribution < 1.29 is 0 Å². The van der Waals surface area contributed by atoms with Crippen LogP contribution < -0.4 is 5.32 Å². The van der Waals surface area contributed by atoms with Gasteiger partial charge in [0, 0.05) is 29.4 Å². The highest BCUT2D eigenvalue weighted by Gasteiger charge is 2.29. The Kier molecular flexibility index (Phi) is 4.09. The molecule has 1 aromatic rings. The van der Waals surface area contributed by atoms with E-state index in [0.717, 1.165) is 19.0 Å². The summed E-state index contributed by atoms with van der Waals surface area (Å²) in [5.74, 6) is 0.744. The summed E-state index contributed by atoms with van der Waals surface area (Å²) >= 11 is 1.88. The van der Waals surface area contributed by atoms with E-state index in [-0.39, 0.29) is 5.54 Å². The summed E-state index contributed by atoms with van der Waals surface area (Å²) in [6.07, 6.45) is 2.65. The minimum atomic E-state index is 0.173. The monoisotopic (exact) mass is 267 g/mol. The van der Waals surface area contributed by atoms with Gasteiger partial charge in [-0.05, 0) is 47.7 Å². The second kappa shape index (κ2) is 5.27. The fraction of sp³-hybridized carbons (Fsp3) is 0.786. The molecule has 1 N–H and O–H groups in total. The molecule has 1 fully saturated rings. The van der Waals surface area contributed by atoms with Gasteiger partial charge in [-0.2, -0.15) is 0 Å². The first-order valence-corrected chi connectivity index (χ1v) is 7.55. The molecule has 0 saturated heterocycles. The van der Waals surface area contributed by atoms with Gasteiger partial charge in [-0.1, -0.05) is 0 Å². The third kappa shape index (κ3) is 4.04. The third-order valence-electron chi connectivity index (χ3n) is 2.97. The molecule has 0 unspecified atom stereocenters. The molecule has 0 spiro atoms. The van der Waals surface area contributed by atoms with Crippen LogP contribution in [0.25, 0.3) is 0 Å². The Morgan fingerprint density at radius 2 is 2.00 bits per heavy atom. The van der Waals surface area contributed by atoms with Crippen LogP contribution >= 0.6 is 11.3 Å². The van der Waals surface area contributed by atoms with Gasteiger partial charge in [-0.25, -0.2) is 4.98 Å². The number of hydrogen-bond acceptors (Lipinski definition) is 4. The van der Waals surface area contributed by atoms with Crippen molar-refractivity contribution in [2.24, 2.45) is 0 Å². The third-order valence-corrected chi connectivity index (χ3v) is 4.02. The summed E-state index contributed by atoms with van der Waals surface area (Å²) in [6, 6.07) is 0. The van der Waals surface area contributed by atoms with Crippen molar-refractivity contribution in [2.75, 3.05) is 14.1 Å². The Balaban J connectivity index is 2.09. The zero-order valence-corrected chi connectivity index (χ0v) is 13.0. The number of rotatable bonds is 5. The molecule has 1 saturated carbocycles. The van der Waals surface area contributed by atoms with Crippen molar-refractivity contribution in [3.05, 3.63) is 15.6 Å². The van der Waals surface area contributed by atoms with E-state index in [1.54, 1.807) is 0 Å². The smallest absolute Gasteiger partial charge is 0.107 e. The summed E-state index contributed by atoms with van der Waals surface area (Å²) in [7, 11) is 4.20. The van der Waals surface area contributed by atoms with Gasteiger partial charge in [0.15, 0.2) is 0 Å². The first-order chi connectivity index (χ1) is 8.35. The summed E-state index contributed by atoms with van der Waals surface area (Å²) in [4.78, 5) is 8.49. The van der Waals surface area contributed by atoms with Crippen LogP contribution in [-0.4, -0.2) is 29.5 Å². The molecule has 1 aliphatic rings. The quantitative estimate of drug-likeness (QED) is 0.889. The van der Waals surface area contributed by atoms with Crippen LogP contribution in [0, 0.1) is 0 Å². The van der Waals surface area contributed by atoms with Crippen molar-refractivity contribution in [2.45, 2.75) is 58.2 Å². The minimum absolute atomic E-state index is 0.173. The van der Waals surface area contributed by atoms with Crippen molar-refractivity contribution in [3.63, 3.8) is 0 Å². The van der Waals surface area contributed by atoms with Gasteiger partial charge >= 0.3 is 0 Å². The molecule has 3 nitrogen and oxygen atoms in total. The fourth-order valence-electron chi connectivity index (χ4n) is 1.90. The first kappa shape index (κ1) is 14.0. The van der Waals surface area contributed by atoms with Crippen LogP contribution in [-0.2, 0) is 13.1 Å². The van der Waals surface area contributed by atoms with Crippen LogP contribution in [0.15, 0.2) is 0 Å². The average molecular weight is 267 g/mol. The summed E-state index contributed by atoms with van der Waals surface area (Å²) in [5, 5.41) is 4.84. The average Bonchev–Trinajstić information content (AvgIpc) is 2.97. The molecule has 0 aromatic carbocycles. The van der Waals surface area contributed by atoms with E-state index in [4.69, 9.17) is 4.98 Å². The molecule has 1 aliphatic carbocycles. The van der Waals surface area contributed by atoms with Crippen molar-refractivity contribution >= 4 is 11.3 Å². The zero-order valence-electron chi connectivity index (χ0n) is 12.2. The molecule has 0 atom stereocenters. The molecule has 1 aromatic heterocycles. The maximum absolute atomic E-state index is 4.85. The molecule has 0 aliphatic heterocycles. The molecule has 18 heavy (non-hydrogen) atoms. The molecule has 0 bridgehead atoms. The lowest BCUT2D eigenvalue weighted by Gasteiger charge is -2.20. The van der Waals surface area contributed by atoms with Crippen LogP contribution in [0.3, 0.4) is 0 Å². The topological polar surface area (TPSA) is 28.2 Å². The second-order valence-electron chi connectivity index (χ2n) is 6.53. The Hall–Kier alpha value is -0.450. The van der Waals surface area contributed by atoms with E-state index in [1.807, 2.05) is 11.3 Å². The molecule has 4 heteroatoms. The van der Waals surface area contributed by atoms with Gasteiger partial charge in [-0.3, -0.25) is 0 Å². The van der Waals surface area contributed by atoms with E-state index >= 15 is 0 Å². The molecular formula is C14H25N3S. The summed E-state index contributed by atoms with van der Waals surface area (Å²) in [5.41, 5.74) is 1.54. The largest absolute Gasteiger partial charge is 0.307 e. The highest BCUT2D eigenvalue weighted by molar-refractivity contribution is 7.11. The lowest BCUT2D eigenvalue weighted by atomic mass is 10.1. The Morgan fingerprint density at radius 3 is 2.50 bits per heavy atom. The van der Waals surface area contributed by atoms with Crippen molar-refractivity contribution in [1.82, 2.24) is 15.2 Å². The van der Waals surface area contributed by atoms with Crippen LogP contribution in [0.2, 0.25) is 0 Å². The zero-order chi connectivity index (χ0) is 13.3. The Labute approximate surface area is 115 Å². The number of hydrogen-bond donors (Lipinski definition) is 1. The molecule has 1 heterocycles. The molecule has 2 rings (SSSR count). The molecule has 102 valence electrons. The van der Waals surface area contributed by atoms with Crippen LogP contribution in [0.4, 0.5) is 0 Å². The normalized spacial score (nSPS) is 16.6. The number of nitrogens with zero attached hydrogens (tertiary/aromatic N) is 2. The number of nitrogens with one attached hydrogen (secondary N) is 1. The minimum Gasteiger partial charge on any atom is -0.307 e. The van der Waals surface area contributed by atoms with Gasteiger partial charge in [0.25, 0.3) is 0 Å². The molecule has 0 amide bonds. The highest BCUT2D eigenvalue weighted by atomic mass is 32.1. The molecule has 0 radical (unpaired) electrons. The number of aromatic nitrogens is 1. The summed E-state index contributed by atoms with van der Waals surface area (Å²) in [6.45, 7) is 8.56. The Morgan fingerprint density at radius 1 is 1.33 bits per heavy atom. The maximum Gasteiger partial charge on any atom is 0.107 e. The SMILES string of the molecule is CN(C)Cc1nc(C2CC2)c(CNC(C)(C)C)s1. The van der Waals surface area contributed by atoms with Crippen molar-refractivity contribution in [1.29, 1.82) is 0 Å². The summed E-state index contributed by atoms with van der Waals surface area (Å²) < 4.78 is 0. The van der Waals surface area contributed by atoms with Gasteiger partial charge in [-0.15, -0.1) is 11.3 Å². The van der Waals surface area contributed by atoms with E-state index < -0.39 is 0 Å². The maximum atomic E-state index is 4.85. The fourth-order valence-corrected chi connectivity index (χ4v) is 3.11. The van der Waals surface area contributed by atoms with Crippen molar-refractivity contribution in [3.8, 4) is 0 Å².